The van der Waals surface area contributed by atoms with Crippen LogP contribution in [-0.2, 0) is 9.53 Å². The lowest BCUT2D eigenvalue weighted by molar-refractivity contribution is -0.123. The lowest BCUT2D eigenvalue weighted by Crippen LogP contribution is -2.50. The zero-order chi connectivity index (χ0) is 27.7. The summed E-state index contributed by atoms with van der Waals surface area (Å²) in [6.45, 7) is 20.9. The Morgan fingerprint density at radius 2 is 1.62 bits per heavy atom. The van der Waals surface area contributed by atoms with Crippen LogP contribution in [0.5, 0.6) is 11.5 Å². The summed E-state index contributed by atoms with van der Waals surface area (Å²) in [7, 11) is -2.03. The van der Waals surface area contributed by atoms with E-state index in [2.05, 4.69) is 67.3 Å². The van der Waals surface area contributed by atoms with Gasteiger partial charge < -0.3 is 18.8 Å². The molecule has 2 heterocycles. The van der Waals surface area contributed by atoms with Gasteiger partial charge in [-0.1, -0.05) is 61.2 Å². The first-order valence-electron chi connectivity index (χ1n) is 13.4. The van der Waals surface area contributed by atoms with Crippen LogP contribution in [-0.4, -0.2) is 59.6 Å². The molecule has 2 amide bonds. The molecule has 0 bridgehead atoms. The molecule has 1 atom stereocenters. The predicted octanol–water partition coefficient (Wildman–Crippen LogP) is 6.44. The van der Waals surface area contributed by atoms with Crippen LogP contribution in [0.15, 0.2) is 18.3 Å². The van der Waals surface area contributed by atoms with Gasteiger partial charge in [-0.2, -0.15) is 0 Å². The van der Waals surface area contributed by atoms with E-state index in [-0.39, 0.29) is 18.5 Å². The second kappa shape index (κ2) is 11.3. The largest absolute Gasteiger partial charge is 0.540 e. The predicted molar refractivity (Wildman–Crippen MR) is 154 cm³/mol. The van der Waals surface area contributed by atoms with Crippen LogP contribution in [0.4, 0.5) is 5.69 Å². The molecule has 205 valence electrons. The molecule has 0 saturated heterocycles. The Hall–Kier alpha value is -2.11. The summed E-state index contributed by atoms with van der Waals surface area (Å²) in [6.07, 6.45) is 5.01. The Morgan fingerprint density at radius 1 is 1.00 bits per heavy atom. The molecule has 1 aromatic carbocycles. The second-order valence-corrected chi connectivity index (χ2v) is 23.3. The maximum atomic E-state index is 13.7. The molecule has 37 heavy (non-hydrogen) atoms. The number of amides is 2. The molecule has 7 nitrogen and oxygen atoms in total. The van der Waals surface area contributed by atoms with Crippen molar-refractivity contribution in [2.24, 2.45) is 0 Å². The first-order chi connectivity index (χ1) is 17.2. The lowest BCUT2D eigenvalue weighted by Gasteiger charge is -2.42. The second-order valence-electron chi connectivity index (χ2n) is 12.3. The van der Waals surface area contributed by atoms with Crippen molar-refractivity contribution < 1.29 is 23.5 Å². The van der Waals surface area contributed by atoms with E-state index in [9.17, 15) is 9.59 Å². The maximum absolute atomic E-state index is 13.7. The van der Waals surface area contributed by atoms with Gasteiger partial charge in [0.15, 0.2) is 5.75 Å². The van der Waals surface area contributed by atoms with Crippen LogP contribution in [0.3, 0.4) is 0 Å². The molecular weight excluding hydrogens is 500 g/mol. The molecule has 3 rings (SSSR count). The van der Waals surface area contributed by atoms with Crippen molar-refractivity contribution in [2.75, 3.05) is 25.3 Å². The summed E-state index contributed by atoms with van der Waals surface area (Å²) in [6, 6.07) is 3.93. The molecule has 0 N–H and O–H groups in total. The van der Waals surface area contributed by atoms with E-state index < -0.39 is 22.4 Å². The minimum absolute atomic E-state index is 0.0841. The highest BCUT2D eigenvalue weighted by atomic mass is 28.4. The number of carbonyl (C=O) groups is 2. The molecule has 0 unspecified atom stereocenters. The van der Waals surface area contributed by atoms with Crippen molar-refractivity contribution in [1.29, 1.82) is 0 Å². The minimum Gasteiger partial charge on any atom is -0.540 e. The van der Waals surface area contributed by atoms with E-state index in [4.69, 9.17) is 13.9 Å². The lowest BCUT2D eigenvalue weighted by atomic mass is 10.1. The molecule has 0 spiro atoms. The SMILES string of the molecule is COc1cc2c(cc1O[Si](C(C)C)(C(C)C)C(C)C)N(COCC[Si](C)(C)C)C(=O)[C@@H]1C[C]=CN1C2=O. The zero-order valence-corrected chi connectivity index (χ0v) is 26.3. The van der Waals surface area contributed by atoms with Gasteiger partial charge in [-0.05, 0) is 34.8 Å². The van der Waals surface area contributed by atoms with E-state index in [0.29, 0.717) is 52.4 Å². The first-order valence-corrected chi connectivity index (χ1v) is 19.3. The average molecular weight is 546 g/mol. The van der Waals surface area contributed by atoms with Gasteiger partial charge in [-0.3, -0.25) is 14.5 Å². The van der Waals surface area contributed by atoms with Gasteiger partial charge in [0.25, 0.3) is 20.1 Å². The van der Waals surface area contributed by atoms with Crippen LogP contribution in [0.1, 0.15) is 58.3 Å². The number of ether oxygens (including phenoxy) is 2. The third kappa shape index (κ3) is 5.83. The van der Waals surface area contributed by atoms with E-state index in [1.54, 1.807) is 24.3 Å². The van der Waals surface area contributed by atoms with Gasteiger partial charge in [-0.15, -0.1) is 0 Å². The molecule has 1 aromatic rings. The van der Waals surface area contributed by atoms with Crippen molar-refractivity contribution in [3.63, 3.8) is 0 Å². The molecular formula is C28H45N2O5Si2. The number of fused-ring (bicyclic) bond motifs is 2. The van der Waals surface area contributed by atoms with Crippen molar-refractivity contribution in [3.8, 4) is 11.5 Å². The number of hydrogen-bond acceptors (Lipinski definition) is 5. The number of carbonyl (C=O) groups excluding carboxylic acids is 2. The summed E-state index contributed by atoms with van der Waals surface area (Å²) >= 11 is 0. The number of hydrogen-bond donors (Lipinski definition) is 0. The highest BCUT2D eigenvalue weighted by Gasteiger charge is 2.48. The topological polar surface area (TPSA) is 68.3 Å². The standard InChI is InChI=1S/C28H45N2O5Si2/c1-19(2)37(20(3)4,21(5)6)35-26-17-24-22(16-25(26)33-7)27(31)29-13-11-12-23(29)28(32)30(24)18-34-14-15-36(8,9)10/h13,16-17,19-21,23H,12,14-15,18H2,1-10H3/t23-/m0/s1. The number of benzene rings is 1. The zero-order valence-electron chi connectivity index (χ0n) is 24.3. The van der Waals surface area contributed by atoms with Crippen molar-refractivity contribution >= 4 is 33.9 Å². The van der Waals surface area contributed by atoms with Crippen LogP contribution in [0.25, 0.3) is 0 Å². The quantitative estimate of drug-likeness (QED) is 0.236. The van der Waals surface area contributed by atoms with Crippen molar-refractivity contribution in [1.82, 2.24) is 4.90 Å². The van der Waals surface area contributed by atoms with Gasteiger partial charge >= 0.3 is 0 Å². The molecule has 0 aliphatic carbocycles. The number of nitrogens with zero attached hydrogens (tertiary/aromatic N) is 2. The number of anilines is 1. The summed E-state index contributed by atoms with van der Waals surface area (Å²) in [5.74, 6) is 0.676. The molecule has 0 saturated carbocycles. The fourth-order valence-corrected chi connectivity index (χ4v) is 11.7. The van der Waals surface area contributed by atoms with Gasteiger partial charge in [0, 0.05) is 33.4 Å². The molecule has 9 heteroatoms. The molecule has 0 aromatic heterocycles. The average Bonchev–Trinajstić information content (AvgIpc) is 3.27. The fourth-order valence-electron chi connectivity index (χ4n) is 5.69. The van der Waals surface area contributed by atoms with E-state index in [1.165, 1.54) is 4.90 Å². The molecule has 0 fully saturated rings. The highest BCUT2D eigenvalue weighted by Crippen LogP contribution is 2.47. The Labute approximate surface area is 225 Å². The molecule has 1 radical (unpaired) electrons. The van der Waals surface area contributed by atoms with Crippen LogP contribution < -0.4 is 14.1 Å². The maximum Gasteiger partial charge on any atom is 0.260 e. The summed E-state index contributed by atoms with van der Waals surface area (Å²) in [5, 5.41) is 0. The number of methoxy groups -OCH3 is 1. The van der Waals surface area contributed by atoms with Gasteiger partial charge in [0.05, 0.1) is 18.4 Å². The monoisotopic (exact) mass is 545 g/mol. The van der Waals surface area contributed by atoms with Gasteiger partial charge in [0.1, 0.15) is 18.5 Å². The van der Waals surface area contributed by atoms with Gasteiger partial charge in [-0.25, -0.2) is 0 Å². The summed E-state index contributed by atoms with van der Waals surface area (Å²) in [4.78, 5) is 30.4. The van der Waals surface area contributed by atoms with Crippen LogP contribution in [0, 0.1) is 6.08 Å². The van der Waals surface area contributed by atoms with Crippen LogP contribution in [0.2, 0.25) is 42.3 Å². The van der Waals surface area contributed by atoms with E-state index in [1.807, 2.05) is 6.07 Å². The Bertz CT molecular complexity index is 1010. The Balaban J connectivity index is 2.11. The minimum atomic E-state index is -2.33. The molecule has 2 aliphatic heterocycles. The van der Waals surface area contributed by atoms with Crippen LogP contribution >= 0.6 is 0 Å². The fraction of sp³-hybridized carbons (Fsp3) is 0.643. The third-order valence-corrected chi connectivity index (χ3v) is 15.4. The third-order valence-electron chi connectivity index (χ3n) is 7.68. The summed E-state index contributed by atoms with van der Waals surface area (Å²) < 4.78 is 18.8. The Morgan fingerprint density at radius 3 is 2.16 bits per heavy atom. The molecule has 2 aliphatic rings. The van der Waals surface area contributed by atoms with E-state index >= 15 is 0 Å². The smallest absolute Gasteiger partial charge is 0.260 e. The normalized spacial score (nSPS) is 18.1. The van der Waals surface area contributed by atoms with Crippen molar-refractivity contribution in [3.05, 3.63) is 30.0 Å². The van der Waals surface area contributed by atoms with Gasteiger partial charge in [0.2, 0.25) is 0 Å². The number of rotatable bonds is 11. The Kier molecular flexibility index (Phi) is 9.02. The van der Waals surface area contributed by atoms with E-state index in [0.717, 1.165) is 6.04 Å². The highest BCUT2D eigenvalue weighted by molar-refractivity contribution is 6.78. The first kappa shape index (κ1) is 29.4. The van der Waals surface area contributed by atoms with Crippen molar-refractivity contribution in [2.45, 2.75) is 96.3 Å². The summed E-state index contributed by atoms with van der Waals surface area (Å²) in [5.41, 5.74) is 1.98.